The van der Waals surface area contributed by atoms with Crippen molar-refractivity contribution in [3.8, 4) is 0 Å². The largest absolute Gasteiger partial charge is 1.00 e. The molecule has 0 radical (unpaired) electrons. The van der Waals surface area contributed by atoms with Crippen LogP contribution in [0, 0.1) is 14.4 Å². The van der Waals surface area contributed by atoms with Crippen molar-refractivity contribution < 1.29 is 51.4 Å². The second-order valence-corrected chi connectivity index (χ2v) is 2.32. The van der Waals surface area contributed by atoms with Gasteiger partial charge in [-0.25, -0.2) is 4.98 Å². The van der Waals surface area contributed by atoms with Crippen LogP contribution in [0.1, 0.15) is 5.69 Å². The van der Waals surface area contributed by atoms with Crippen LogP contribution in [-0.2, 0) is 0 Å². The average molecular weight is 186 g/mol. The van der Waals surface area contributed by atoms with E-state index in [0.717, 1.165) is 5.65 Å². The van der Waals surface area contributed by atoms with Gasteiger partial charge in [-0.2, -0.15) is 0 Å². The van der Waals surface area contributed by atoms with Gasteiger partial charge in [0.25, 0.3) is 0 Å². The molecule has 0 N–H and O–H groups in total. The number of hydrogen-bond donors (Lipinski definition) is 0. The van der Waals surface area contributed by atoms with Crippen molar-refractivity contribution in [2.24, 2.45) is 0 Å². The maximum absolute atomic E-state index is 4.14. The first-order valence-electron chi connectivity index (χ1n) is 3.26. The number of imidazole rings is 1. The Morgan fingerprint density at radius 3 is 2.75 bits per heavy atom. The van der Waals surface area contributed by atoms with Crippen LogP contribution in [0.15, 0.2) is 30.6 Å². The number of nitrogens with zero attached hydrogens (tertiary/aromatic N) is 2. The number of aryl methyl sites for hydroxylation is 1. The fourth-order valence-electron chi connectivity index (χ4n) is 1.09. The van der Waals surface area contributed by atoms with Crippen LogP contribution in [0.3, 0.4) is 0 Å². The van der Waals surface area contributed by atoms with Crippen molar-refractivity contribution >= 4 is 5.65 Å². The van der Waals surface area contributed by atoms with Crippen LogP contribution >= 0.6 is 0 Å². The molecule has 3 heteroatoms. The smallest absolute Gasteiger partial charge is 0.358 e. The molecule has 2 nitrogen and oxygen atoms in total. The van der Waals surface area contributed by atoms with E-state index in [1.807, 2.05) is 24.5 Å². The Labute approximate surface area is 115 Å². The fourth-order valence-corrected chi connectivity index (χ4v) is 1.09. The Balaban J connectivity index is 0.000000605. The zero-order chi connectivity index (χ0) is 6.97. The quantitative estimate of drug-likeness (QED) is 0.385. The van der Waals surface area contributed by atoms with Crippen molar-refractivity contribution in [2.45, 2.75) is 6.92 Å². The summed E-state index contributed by atoms with van der Waals surface area (Å²) in [4.78, 5) is 4.14. The van der Waals surface area contributed by atoms with E-state index in [-0.39, 0.29) is 58.8 Å². The van der Waals surface area contributed by atoms with E-state index in [4.69, 9.17) is 0 Å². The predicted molar refractivity (Wildman–Crippen MR) is 46.3 cm³/mol. The normalized spacial score (nSPS) is 8.75. The molecule has 2 aromatic heterocycles. The van der Waals surface area contributed by atoms with Gasteiger partial charge >= 0.3 is 51.4 Å². The number of hydrogen-bond acceptors (Lipinski definition) is 1. The molecule has 0 saturated heterocycles. The van der Waals surface area contributed by atoms with E-state index in [1.165, 1.54) is 5.69 Å². The zero-order valence-corrected chi connectivity index (χ0v) is 10.9. The van der Waals surface area contributed by atoms with Gasteiger partial charge in [-0.3, -0.25) is 0 Å². The third-order valence-electron chi connectivity index (χ3n) is 1.63. The van der Waals surface area contributed by atoms with Gasteiger partial charge in [0.1, 0.15) is 5.65 Å². The molecule has 0 aromatic carbocycles. The first-order valence-corrected chi connectivity index (χ1v) is 3.26. The molecule has 0 bridgehead atoms. The second-order valence-electron chi connectivity index (χ2n) is 2.32. The molecule has 0 saturated carbocycles. The maximum atomic E-state index is 4.14. The molecular weight excluding hydrogens is 175 g/mol. The van der Waals surface area contributed by atoms with Crippen LogP contribution < -0.4 is 51.4 Å². The Kier molecular flexibility index (Phi) is 5.28. The molecule has 2 heterocycles. The van der Waals surface area contributed by atoms with Gasteiger partial charge in [0, 0.05) is 18.1 Å². The third-order valence-corrected chi connectivity index (χ3v) is 1.63. The summed E-state index contributed by atoms with van der Waals surface area (Å²) >= 11 is 0. The minimum Gasteiger partial charge on any atom is -0.358 e. The molecule has 58 valence electrons. The van der Waals surface area contributed by atoms with E-state index in [0.29, 0.717) is 0 Å². The van der Waals surface area contributed by atoms with Gasteiger partial charge in [0.15, 0.2) is 0 Å². The molecule has 2 rings (SSSR count). The Morgan fingerprint density at radius 2 is 2.08 bits per heavy atom. The average Bonchev–Trinajstić information content (AvgIpc) is 2.36. The second kappa shape index (κ2) is 5.14. The van der Waals surface area contributed by atoms with Crippen molar-refractivity contribution in [3.63, 3.8) is 0 Å². The molecule has 0 fully saturated rings. The molecule has 0 aliphatic heterocycles. The van der Waals surface area contributed by atoms with E-state index in [9.17, 15) is 0 Å². The van der Waals surface area contributed by atoms with Crippen molar-refractivity contribution in [3.05, 3.63) is 43.7 Å². The van der Waals surface area contributed by atoms with Gasteiger partial charge in [0.05, 0.1) is 0 Å². The topological polar surface area (TPSA) is 17.3 Å². The summed E-state index contributed by atoms with van der Waals surface area (Å²) in [6.07, 6.45) is 3.77. The summed E-state index contributed by atoms with van der Waals surface area (Å²) in [7, 11) is 0. The third kappa shape index (κ3) is 2.17. The molecule has 2 aromatic rings. The molecule has 0 aliphatic rings. The molecular formula is C9H11KN2. The monoisotopic (exact) mass is 186 g/mol. The maximum Gasteiger partial charge on any atom is 1.00 e. The molecule has 0 amide bonds. The Hall–Kier alpha value is 0.326. The van der Waals surface area contributed by atoms with E-state index in [1.54, 1.807) is 0 Å². The van der Waals surface area contributed by atoms with Gasteiger partial charge < -0.3 is 11.8 Å². The van der Waals surface area contributed by atoms with Crippen LogP contribution in [0.5, 0.6) is 0 Å². The van der Waals surface area contributed by atoms with Crippen molar-refractivity contribution in [1.82, 2.24) is 9.38 Å². The number of rotatable bonds is 0. The summed E-state index contributed by atoms with van der Waals surface area (Å²) in [5, 5.41) is 0. The minimum atomic E-state index is 0. The van der Waals surface area contributed by atoms with Gasteiger partial charge in [-0.05, 0) is 19.1 Å². The van der Waals surface area contributed by atoms with Crippen molar-refractivity contribution in [2.75, 3.05) is 0 Å². The van der Waals surface area contributed by atoms with E-state index >= 15 is 0 Å². The molecule has 0 unspecified atom stereocenters. The van der Waals surface area contributed by atoms with Gasteiger partial charge in [-0.1, -0.05) is 6.07 Å². The van der Waals surface area contributed by atoms with Crippen molar-refractivity contribution in [1.29, 1.82) is 0 Å². The number of fused-ring (bicyclic) bond motifs is 1. The minimum absolute atomic E-state index is 0. The number of pyridine rings is 1. The summed E-state index contributed by atoms with van der Waals surface area (Å²) in [6.45, 7) is 2.06. The fraction of sp³-hybridized carbons (Fsp3) is 0.111. The van der Waals surface area contributed by atoms with E-state index in [2.05, 4.69) is 22.4 Å². The Bertz CT molecular complexity index is 354. The summed E-state index contributed by atoms with van der Waals surface area (Å²) < 4.78 is 2.06. The Morgan fingerprint density at radius 1 is 1.33 bits per heavy atom. The molecule has 0 spiro atoms. The van der Waals surface area contributed by atoms with Crippen LogP contribution in [0.2, 0.25) is 0 Å². The van der Waals surface area contributed by atoms with Gasteiger partial charge in [0.2, 0.25) is 0 Å². The van der Waals surface area contributed by atoms with E-state index < -0.39 is 0 Å². The molecule has 12 heavy (non-hydrogen) atoms. The number of aromatic nitrogens is 2. The van der Waals surface area contributed by atoms with Gasteiger partial charge in [-0.15, -0.1) is 0 Å². The SMILES string of the molecule is Cc1cccc2nccn12.[CH3-].[K+]. The van der Waals surface area contributed by atoms with Crippen LogP contribution in [-0.4, -0.2) is 9.38 Å². The zero-order valence-electron chi connectivity index (χ0n) is 7.78. The summed E-state index contributed by atoms with van der Waals surface area (Å²) in [5.41, 5.74) is 2.23. The van der Waals surface area contributed by atoms with Crippen LogP contribution in [0.25, 0.3) is 5.65 Å². The van der Waals surface area contributed by atoms with Crippen LogP contribution in [0.4, 0.5) is 0 Å². The summed E-state index contributed by atoms with van der Waals surface area (Å²) in [6, 6.07) is 6.07. The summed E-state index contributed by atoms with van der Waals surface area (Å²) in [5.74, 6) is 0. The first-order chi connectivity index (χ1) is 4.88. The molecule has 0 aliphatic carbocycles. The standard InChI is InChI=1S/C8H8N2.CH3.K/c1-7-3-2-4-8-9-5-6-10(7)8;;/h2-6H,1H3;1H3;/q;-1;+1. The molecule has 0 atom stereocenters. The first kappa shape index (κ1) is 12.3. The predicted octanol–water partition coefficient (Wildman–Crippen LogP) is -0.903.